The highest BCUT2D eigenvalue weighted by Crippen LogP contribution is 2.37. The van der Waals surface area contributed by atoms with Crippen molar-refractivity contribution in [1.82, 2.24) is 24.4 Å². The first kappa shape index (κ1) is 28.1. The maximum absolute atomic E-state index is 14.2. The smallest absolute Gasteiger partial charge is 0.433 e. The molecule has 1 saturated heterocycles. The molecule has 0 spiro atoms. The van der Waals surface area contributed by atoms with Gasteiger partial charge in [-0.1, -0.05) is 28.1 Å². The number of amides is 1. The summed E-state index contributed by atoms with van der Waals surface area (Å²) in [7, 11) is 1.50. The molecule has 40 heavy (non-hydrogen) atoms. The number of fused-ring (bicyclic) bond motifs is 1. The van der Waals surface area contributed by atoms with E-state index in [1.807, 2.05) is 24.3 Å². The molecule has 0 saturated carbocycles. The summed E-state index contributed by atoms with van der Waals surface area (Å²) < 4.78 is 49.5. The molecule has 2 aromatic heterocycles. The molecule has 1 aliphatic rings. The molecular formula is C28H27BrF3N5O3. The Morgan fingerprint density at radius 1 is 1.12 bits per heavy atom. The summed E-state index contributed by atoms with van der Waals surface area (Å²) in [6.45, 7) is 2.91. The number of nitrogens with zero attached hydrogens (tertiary/aromatic N) is 5. The average molecular weight is 618 g/mol. The van der Waals surface area contributed by atoms with Crippen LogP contribution in [0.2, 0.25) is 0 Å². The topological polar surface area (TPSA) is 83.2 Å². The number of methoxy groups -OCH3 is 1. The van der Waals surface area contributed by atoms with E-state index >= 15 is 0 Å². The number of ether oxygens (including phenoxy) is 1. The van der Waals surface area contributed by atoms with Crippen LogP contribution in [-0.4, -0.2) is 75.3 Å². The van der Waals surface area contributed by atoms with Crippen LogP contribution in [0.15, 0.2) is 59.2 Å². The number of benzene rings is 2. The van der Waals surface area contributed by atoms with Gasteiger partial charge in [0.2, 0.25) is 0 Å². The number of carbonyl (C=O) groups excluding carboxylic acids is 1. The van der Waals surface area contributed by atoms with Crippen LogP contribution >= 0.6 is 15.9 Å². The summed E-state index contributed by atoms with van der Waals surface area (Å²) in [5, 5.41) is 14.0. The molecule has 210 valence electrons. The van der Waals surface area contributed by atoms with Gasteiger partial charge in [-0.25, -0.2) is 9.50 Å². The lowest BCUT2D eigenvalue weighted by atomic mass is 10.0. The van der Waals surface area contributed by atoms with E-state index in [1.54, 1.807) is 29.2 Å². The average Bonchev–Trinajstić information content (AvgIpc) is 3.35. The first-order valence-electron chi connectivity index (χ1n) is 12.6. The zero-order valence-corrected chi connectivity index (χ0v) is 23.4. The van der Waals surface area contributed by atoms with Crippen molar-refractivity contribution in [3.8, 4) is 17.0 Å². The molecule has 0 radical (unpaired) electrons. The molecule has 4 aromatic rings. The number of aliphatic hydroxyl groups is 1. The van der Waals surface area contributed by atoms with E-state index < -0.39 is 17.8 Å². The van der Waals surface area contributed by atoms with Crippen LogP contribution in [0.3, 0.4) is 0 Å². The third-order valence-electron chi connectivity index (χ3n) is 7.19. The van der Waals surface area contributed by atoms with Gasteiger partial charge in [0.15, 0.2) is 11.3 Å². The van der Waals surface area contributed by atoms with E-state index in [1.165, 1.54) is 14.0 Å². The summed E-state index contributed by atoms with van der Waals surface area (Å²) >= 11 is 3.46. The number of rotatable bonds is 6. The lowest BCUT2D eigenvalue weighted by Gasteiger charge is -2.38. The summed E-state index contributed by atoms with van der Waals surface area (Å²) in [6.07, 6.45) is -3.57. The molecule has 1 N–H and O–H groups in total. The van der Waals surface area contributed by atoms with Crippen molar-refractivity contribution >= 4 is 27.5 Å². The van der Waals surface area contributed by atoms with Gasteiger partial charge in [0.25, 0.3) is 5.91 Å². The second-order valence-corrected chi connectivity index (χ2v) is 10.5. The minimum atomic E-state index is -4.73. The zero-order chi connectivity index (χ0) is 28.6. The Labute approximate surface area is 237 Å². The number of hydrogen-bond donors (Lipinski definition) is 1. The van der Waals surface area contributed by atoms with Crippen molar-refractivity contribution < 1.29 is 27.8 Å². The Morgan fingerprint density at radius 2 is 1.82 bits per heavy atom. The highest BCUT2D eigenvalue weighted by molar-refractivity contribution is 9.10. The van der Waals surface area contributed by atoms with Gasteiger partial charge in [0.1, 0.15) is 11.3 Å². The van der Waals surface area contributed by atoms with E-state index in [0.717, 1.165) is 16.2 Å². The zero-order valence-electron chi connectivity index (χ0n) is 21.8. The fourth-order valence-electron chi connectivity index (χ4n) is 5.14. The molecule has 1 aliphatic heterocycles. The fraction of sp³-hybridized carbons (Fsp3) is 0.321. The van der Waals surface area contributed by atoms with Crippen molar-refractivity contribution in [1.29, 1.82) is 0 Å². The Hall–Kier alpha value is -3.48. The van der Waals surface area contributed by atoms with Gasteiger partial charge in [-0.3, -0.25) is 9.69 Å². The Morgan fingerprint density at radius 3 is 2.42 bits per heavy atom. The van der Waals surface area contributed by atoms with Crippen LogP contribution in [0.4, 0.5) is 13.2 Å². The molecule has 2 aromatic carbocycles. The highest BCUT2D eigenvalue weighted by Gasteiger charge is 2.39. The van der Waals surface area contributed by atoms with Gasteiger partial charge in [-0.2, -0.15) is 18.3 Å². The predicted octanol–water partition coefficient (Wildman–Crippen LogP) is 4.99. The van der Waals surface area contributed by atoms with E-state index in [4.69, 9.17) is 4.74 Å². The number of alkyl halides is 3. The standard InChI is InChI=1S/C28H27BrF3N5O3/c1-17-24(18-6-8-21(40-2)9-7-18)34-26-22(15-33-37(26)25(17)28(30,31)32)27(39)36-12-10-35(11-13-36)23(16-38)19-4-3-5-20(29)14-19/h3-9,14-15,23,38H,10-13,16H2,1-2H3/t23-/m1/s1. The van der Waals surface area contributed by atoms with Crippen molar-refractivity contribution in [2.24, 2.45) is 0 Å². The summed E-state index contributed by atoms with van der Waals surface area (Å²) in [5.74, 6) is 0.115. The first-order chi connectivity index (χ1) is 19.1. The molecule has 1 amide bonds. The first-order valence-corrected chi connectivity index (χ1v) is 13.4. The second kappa shape index (κ2) is 11.2. The van der Waals surface area contributed by atoms with E-state index in [9.17, 15) is 23.1 Å². The van der Waals surface area contributed by atoms with Crippen LogP contribution in [0, 0.1) is 6.92 Å². The number of aromatic nitrogens is 3. The van der Waals surface area contributed by atoms with Crippen LogP contribution in [0.25, 0.3) is 16.9 Å². The minimum Gasteiger partial charge on any atom is -0.497 e. The number of carbonyl (C=O) groups is 1. The van der Waals surface area contributed by atoms with Gasteiger partial charge in [0.05, 0.1) is 31.6 Å². The monoisotopic (exact) mass is 617 g/mol. The fourth-order valence-corrected chi connectivity index (χ4v) is 5.56. The number of hydrogen-bond acceptors (Lipinski definition) is 6. The molecule has 5 rings (SSSR count). The maximum atomic E-state index is 14.2. The summed E-state index contributed by atoms with van der Waals surface area (Å²) in [5.41, 5.74) is 0.293. The molecule has 12 heteroatoms. The van der Waals surface area contributed by atoms with Gasteiger partial charge < -0.3 is 14.7 Å². The van der Waals surface area contributed by atoms with Gasteiger partial charge >= 0.3 is 6.18 Å². The molecule has 1 fully saturated rings. The lowest BCUT2D eigenvalue weighted by molar-refractivity contribution is -0.143. The largest absolute Gasteiger partial charge is 0.497 e. The Balaban J connectivity index is 1.45. The van der Waals surface area contributed by atoms with Gasteiger partial charge in [-0.05, 0) is 48.9 Å². The van der Waals surface area contributed by atoms with Crippen LogP contribution in [-0.2, 0) is 6.18 Å². The molecule has 1 atom stereocenters. The maximum Gasteiger partial charge on any atom is 0.433 e. The number of halogens is 4. The van der Waals surface area contributed by atoms with E-state index in [2.05, 4.69) is 30.9 Å². The quantitative estimate of drug-likeness (QED) is 0.328. The summed E-state index contributed by atoms with van der Waals surface area (Å²) in [4.78, 5) is 21.8. The van der Waals surface area contributed by atoms with E-state index in [0.29, 0.717) is 42.0 Å². The van der Waals surface area contributed by atoms with Gasteiger partial charge in [-0.15, -0.1) is 0 Å². The van der Waals surface area contributed by atoms with Crippen LogP contribution < -0.4 is 4.74 Å². The Kier molecular flexibility index (Phi) is 7.85. The van der Waals surface area contributed by atoms with Crippen molar-refractivity contribution in [2.75, 3.05) is 39.9 Å². The normalized spacial score (nSPS) is 15.4. The molecule has 8 nitrogen and oxygen atoms in total. The lowest BCUT2D eigenvalue weighted by Crippen LogP contribution is -2.50. The molecule has 0 unspecified atom stereocenters. The molecule has 3 heterocycles. The molecule has 0 aliphatic carbocycles. The van der Waals surface area contributed by atoms with Crippen molar-refractivity contribution in [3.63, 3.8) is 0 Å². The van der Waals surface area contributed by atoms with Crippen LogP contribution in [0.1, 0.15) is 33.2 Å². The minimum absolute atomic E-state index is 0.000546. The van der Waals surface area contributed by atoms with Crippen LogP contribution in [0.5, 0.6) is 5.75 Å². The number of aliphatic hydroxyl groups excluding tert-OH is 1. The number of piperazine rings is 1. The Bertz CT molecular complexity index is 1530. The van der Waals surface area contributed by atoms with Gasteiger partial charge in [0, 0.05) is 41.8 Å². The predicted molar refractivity (Wildman–Crippen MR) is 146 cm³/mol. The second-order valence-electron chi connectivity index (χ2n) is 9.54. The van der Waals surface area contributed by atoms with E-state index in [-0.39, 0.29) is 35.1 Å². The summed E-state index contributed by atoms with van der Waals surface area (Å²) in [6, 6.07) is 14.0. The third kappa shape index (κ3) is 5.30. The molecule has 0 bridgehead atoms. The highest BCUT2D eigenvalue weighted by atomic mass is 79.9. The van der Waals surface area contributed by atoms with Crippen molar-refractivity contribution in [3.05, 3.63) is 81.6 Å². The SMILES string of the molecule is COc1ccc(-c2nc3c(C(=O)N4CCN([C@H](CO)c5cccc(Br)c5)CC4)cnn3c(C(F)(F)F)c2C)cc1. The van der Waals surface area contributed by atoms with Crippen molar-refractivity contribution in [2.45, 2.75) is 19.1 Å². The third-order valence-corrected chi connectivity index (χ3v) is 7.69. The molecular weight excluding hydrogens is 591 g/mol.